The van der Waals surface area contributed by atoms with Crippen molar-refractivity contribution in [2.24, 2.45) is 0 Å². The van der Waals surface area contributed by atoms with Gasteiger partial charge < -0.3 is 19.2 Å². The number of halogens is 3. The van der Waals surface area contributed by atoms with Gasteiger partial charge in [-0.2, -0.15) is 0 Å². The molecule has 10 heteroatoms. The highest BCUT2D eigenvalue weighted by atomic mass is 79.9. The Labute approximate surface area is 180 Å². The third-order valence-electron chi connectivity index (χ3n) is 4.20. The van der Waals surface area contributed by atoms with E-state index >= 15 is 0 Å². The van der Waals surface area contributed by atoms with Crippen LogP contribution in [0.1, 0.15) is 5.56 Å². The predicted octanol–water partition coefficient (Wildman–Crippen LogP) is 5.00. The molecule has 0 saturated heterocycles. The van der Waals surface area contributed by atoms with Crippen molar-refractivity contribution in [3.8, 4) is 34.3 Å². The molecule has 0 unspecified atom stereocenters. The Hall–Kier alpha value is -1.87. The predicted molar refractivity (Wildman–Crippen MR) is 112 cm³/mol. The van der Waals surface area contributed by atoms with E-state index in [1.807, 2.05) is 6.07 Å². The number of ether oxygens (including phenoxy) is 2. The Morgan fingerprint density at radius 2 is 1.93 bits per heavy atom. The van der Waals surface area contributed by atoms with Crippen LogP contribution in [0.4, 0.5) is 0 Å². The lowest BCUT2D eigenvalue weighted by atomic mass is 9.96. The van der Waals surface area contributed by atoms with Gasteiger partial charge in [0.1, 0.15) is 18.1 Å². The van der Waals surface area contributed by atoms with Crippen LogP contribution in [0.2, 0.25) is 16.9 Å². The fourth-order valence-electron chi connectivity index (χ4n) is 3.09. The Morgan fingerprint density at radius 1 is 1.21 bits per heavy atom. The molecule has 0 aliphatic carbocycles. The molecule has 0 spiro atoms. The SMILES string of the molecule is COc1cc2c(cc1Br)-c1c(c(OB(C)O)nn1-c1cc(Cl)cc(Cl)c1)CO2. The van der Waals surface area contributed by atoms with Gasteiger partial charge in [-0.3, -0.25) is 0 Å². The number of methoxy groups -OCH3 is 1. The van der Waals surface area contributed by atoms with Crippen molar-refractivity contribution >= 4 is 46.3 Å². The lowest BCUT2D eigenvalue weighted by Gasteiger charge is -2.21. The van der Waals surface area contributed by atoms with Crippen molar-refractivity contribution in [2.75, 3.05) is 7.11 Å². The molecule has 4 rings (SSSR count). The molecule has 1 aromatic heterocycles. The van der Waals surface area contributed by atoms with Crippen LogP contribution in [-0.2, 0) is 6.61 Å². The van der Waals surface area contributed by atoms with E-state index < -0.39 is 7.12 Å². The fourth-order valence-corrected chi connectivity index (χ4v) is 4.11. The molecule has 144 valence electrons. The second kappa shape index (κ2) is 7.52. The highest BCUT2D eigenvalue weighted by Gasteiger charge is 2.30. The summed E-state index contributed by atoms with van der Waals surface area (Å²) < 4.78 is 19.2. The maximum atomic E-state index is 9.70. The van der Waals surface area contributed by atoms with Crippen molar-refractivity contribution in [3.63, 3.8) is 0 Å². The van der Waals surface area contributed by atoms with Crippen LogP contribution in [0, 0.1) is 0 Å². The Balaban J connectivity index is 1.98. The summed E-state index contributed by atoms with van der Waals surface area (Å²) in [7, 11) is 0.562. The van der Waals surface area contributed by atoms with Crippen molar-refractivity contribution in [1.29, 1.82) is 0 Å². The molecule has 0 radical (unpaired) electrons. The minimum atomic E-state index is -1.03. The maximum Gasteiger partial charge on any atom is 0.520 e. The van der Waals surface area contributed by atoms with Gasteiger partial charge in [0.2, 0.25) is 5.88 Å². The molecule has 0 bridgehead atoms. The molecule has 3 aromatic rings. The first kappa shape index (κ1) is 19.5. The first-order valence-electron chi connectivity index (χ1n) is 8.31. The van der Waals surface area contributed by atoms with E-state index in [2.05, 4.69) is 21.0 Å². The maximum absolute atomic E-state index is 9.70. The molecule has 0 atom stereocenters. The van der Waals surface area contributed by atoms with Crippen molar-refractivity contribution in [2.45, 2.75) is 13.4 Å². The van der Waals surface area contributed by atoms with Gasteiger partial charge in [0.05, 0.1) is 28.5 Å². The van der Waals surface area contributed by atoms with Crippen molar-refractivity contribution in [1.82, 2.24) is 9.78 Å². The van der Waals surface area contributed by atoms with Gasteiger partial charge in [-0.25, -0.2) is 4.68 Å². The molecule has 0 fully saturated rings. The zero-order valence-corrected chi connectivity index (χ0v) is 18.0. The number of aromatic nitrogens is 2. The molecule has 2 heterocycles. The first-order valence-corrected chi connectivity index (χ1v) is 9.86. The second-order valence-corrected chi connectivity index (χ2v) is 7.89. The van der Waals surface area contributed by atoms with E-state index in [1.165, 1.54) is 6.82 Å². The summed E-state index contributed by atoms with van der Waals surface area (Å²) in [5, 5.41) is 15.2. The van der Waals surface area contributed by atoms with Crippen LogP contribution in [0.5, 0.6) is 17.4 Å². The second-order valence-electron chi connectivity index (χ2n) is 6.16. The Bertz CT molecular complexity index is 1050. The topological polar surface area (TPSA) is 65.7 Å². The normalized spacial score (nSPS) is 12.1. The highest BCUT2D eigenvalue weighted by Crippen LogP contribution is 2.46. The minimum absolute atomic E-state index is 0.226. The van der Waals surface area contributed by atoms with Gasteiger partial charge in [-0.15, -0.1) is 5.10 Å². The smallest absolute Gasteiger partial charge is 0.520 e. The first-order chi connectivity index (χ1) is 13.4. The molecule has 1 aliphatic heterocycles. The molecule has 1 aliphatic rings. The number of hydrogen-bond acceptors (Lipinski definition) is 5. The zero-order chi connectivity index (χ0) is 20.0. The summed E-state index contributed by atoms with van der Waals surface area (Å²) in [5.74, 6) is 1.57. The van der Waals surface area contributed by atoms with Gasteiger partial charge in [-0.05, 0) is 47.0 Å². The van der Waals surface area contributed by atoms with Crippen LogP contribution in [0.3, 0.4) is 0 Å². The summed E-state index contributed by atoms with van der Waals surface area (Å²) in [6.07, 6.45) is 0. The summed E-state index contributed by atoms with van der Waals surface area (Å²) in [5.41, 5.74) is 2.92. The number of nitrogens with zero attached hydrogens (tertiary/aromatic N) is 2. The van der Waals surface area contributed by atoms with Gasteiger partial charge in [-0.1, -0.05) is 23.2 Å². The fraction of sp³-hybridized carbons (Fsp3) is 0.167. The van der Waals surface area contributed by atoms with Gasteiger partial charge >= 0.3 is 7.12 Å². The highest BCUT2D eigenvalue weighted by molar-refractivity contribution is 9.10. The molecule has 1 N–H and O–H groups in total. The number of benzene rings is 2. The van der Waals surface area contributed by atoms with E-state index in [-0.39, 0.29) is 12.5 Å². The number of rotatable bonds is 4. The molecule has 0 amide bonds. The van der Waals surface area contributed by atoms with E-state index in [1.54, 1.807) is 36.1 Å². The van der Waals surface area contributed by atoms with Crippen molar-refractivity contribution in [3.05, 3.63) is 50.4 Å². The standard InChI is InChI=1S/C18H14BBrCl2N2O4/c1-19(25)28-18-13-8-27-15-7-16(26-2)14(20)6-12(15)17(13)24(23-18)11-4-9(21)3-10(22)5-11/h3-7,25H,8H2,1-2H3. The molecule has 0 saturated carbocycles. The van der Waals surface area contributed by atoms with E-state index in [9.17, 15) is 5.02 Å². The molecular formula is C18H14BBrCl2N2O4. The third kappa shape index (κ3) is 3.46. The quantitative estimate of drug-likeness (QED) is 0.529. The molecule has 6 nitrogen and oxygen atoms in total. The number of hydrogen-bond donors (Lipinski definition) is 1. The average molecular weight is 484 g/mol. The van der Waals surface area contributed by atoms with E-state index in [4.69, 9.17) is 37.3 Å². The van der Waals surface area contributed by atoms with E-state index in [0.717, 1.165) is 15.7 Å². The summed E-state index contributed by atoms with van der Waals surface area (Å²) in [6.45, 7) is 1.74. The largest absolute Gasteiger partial charge is 0.521 e. The zero-order valence-electron chi connectivity index (χ0n) is 14.9. The minimum Gasteiger partial charge on any atom is -0.521 e. The van der Waals surface area contributed by atoms with E-state index in [0.29, 0.717) is 32.8 Å². The van der Waals surface area contributed by atoms with Crippen LogP contribution >= 0.6 is 39.1 Å². The lowest BCUT2D eigenvalue weighted by molar-refractivity contribution is 0.294. The molecule has 28 heavy (non-hydrogen) atoms. The monoisotopic (exact) mass is 482 g/mol. The Kier molecular flexibility index (Phi) is 5.22. The average Bonchev–Trinajstić information content (AvgIpc) is 2.98. The van der Waals surface area contributed by atoms with Crippen molar-refractivity contribution < 1.29 is 19.2 Å². The van der Waals surface area contributed by atoms with Gasteiger partial charge in [0.15, 0.2) is 0 Å². The lowest BCUT2D eigenvalue weighted by Crippen LogP contribution is -2.17. The van der Waals surface area contributed by atoms with Crippen LogP contribution in [0.15, 0.2) is 34.8 Å². The summed E-state index contributed by atoms with van der Waals surface area (Å²) >= 11 is 15.9. The van der Waals surface area contributed by atoms with Crippen LogP contribution in [0.25, 0.3) is 16.9 Å². The third-order valence-corrected chi connectivity index (χ3v) is 5.26. The number of fused-ring (bicyclic) bond motifs is 3. The van der Waals surface area contributed by atoms with Gasteiger partial charge in [0.25, 0.3) is 0 Å². The summed E-state index contributed by atoms with van der Waals surface area (Å²) in [4.78, 5) is 0. The van der Waals surface area contributed by atoms with Crippen LogP contribution in [-0.4, -0.2) is 29.0 Å². The van der Waals surface area contributed by atoms with Crippen LogP contribution < -0.4 is 14.1 Å². The molecule has 2 aromatic carbocycles. The van der Waals surface area contributed by atoms with Gasteiger partial charge in [0, 0.05) is 21.7 Å². The Morgan fingerprint density at radius 3 is 2.57 bits per heavy atom. The molecular weight excluding hydrogens is 470 g/mol. The summed E-state index contributed by atoms with van der Waals surface area (Å²) in [6, 6.07) is 8.85.